The molecule has 0 radical (unpaired) electrons. The van der Waals surface area contributed by atoms with E-state index in [-0.39, 0.29) is 28.9 Å². The summed E-state index contributed by atoms with van der Waals surface area (Å²) in [5.41, 5.74) is 2.60. The first-order chi connectivity index (χ1) is 19.6. The first-order valence-electron chi connectivity index (χ1n) is 16.5. The summed E-state index contributed by atoms with van der Waals surface area (Å²) in [6.45, 7) is 8.61. The number of aliphatic hydroxyl groups excluding tert-OH is 2. The summed E-state index contributed by atoms with van der Waals surface area (Å²) in [5.74, 6) is 5.06. The monoisotopic (exact) mass is 567 g/mol. The molecule has 41 heavy (non-hydrogen) atoms. The van der Waals surface area contributed by atoms with E-state index in [9.17, 15) is 15.0 Å². The molecule has 1 aromatic rings. The summed E-state index contributed by atoms with van der Waals surface area (Å²) in [6, 6.07) is 4.08. The Morgan fingerprint density at radius 2 is 1.73 bits per heavy atom. The average molecular weight is 568 g/mol. The van der Waals surface area contributed by atoms with Gasteiger partial charge in [0.25, 0.3) is 0 Å². The molecule has 6 heteroatoms. The zero-order valence-electron chi connectivity index (χ0n) is 26.0. The van der Waals surface area contributed by atoms with Crippen molar-refractivity contribution >= 4 is 5.91 Å². The molecule has 0 aromatic heterocycles. The summed E-state index contributed by atoms with van der Waals surface area (Å²) < 4.78 is 11.0. The number of amides is 1. The fraction of sp³-hybridized carbons (Fsp3) is 0.800. The minimum absolute atomic E-state index is 0.0549. The van der Waals surface area contributed by atoms with Crippen molar-refractivity contribution < 1.29 is 24.5 Å². The standard InChI is InChI=1S/C35H53NO5/c1-21(6-11-33(39)36-15-13-22-16-30(40-4)31(41-5)17-23(22)20-36)27-9-10-28-26-8-7-24-18-25(37)12-14-34(24,2)29(26)19-32(38)35(27,28)3/h16-17,21,24-29,32,37-38H,6-15,18-20H2,1-5H3/t21-,24+,25-,26+,27+,28-,29-,32+,34+,35-/m1/s1. The van der Waals surface area contributed by atoms with Crippen LogP contribution in [-0.4, -0.2) is 54.0 Å². The second-order valence-corrected chi connectivity index (χ2v) is 14.9. The largest absolute Gasteiger partial charge is 0.493 e. The first kappa shape index (κ1) is 29.3. The predicted octanol–water partition coefficient (Wildman–Crippen LogP) is 6.00. The van der Waals surface area contributed by atoms with E-state index >= 15 is 0 Å². The molecule has 1 aliphatic heterocycles. The van der Waals surface area contributed by atoms with Gasteiger partial charge in [-0.3, -0.25) is 4.79 Å². The molecule has 0 bridgehead atoms. The van der Waals surface area contributed by atoms with Crippen LogP contribution in [-0.2, 0) is 17.8 Å². The normalized spacial score (nSPS) is 40.6. The van der Waals surface area contributed by atoms with E-state index in [2.05, 4.69) is 26.8 Å². The molecule has 1 heterocycles. The van der Waals surface area contributed by atoms with E-state index in [4.69, 9.17) is 9.47 Å². The van der Waals surface area contributed by atoms with Gasteiger partial charge >= 0.3 is 0 Å². The molecular formula is C35H53NO5. The topological polar surface area (TPSA) is 79.2 Å². The van der Waals surface area contributed by atoms with Crippen LogP contribution in [0.1, 0.15) is 96.1 Å². The maximum Gasteiger partial charge on any atom is 0.222 e. The van der Waals surface area contributed by atoms with Crippen LogP contribution in [0.15, 0.2) is 12.1 Å². The van der Waals surface area contributed by atoms with Crippen LogP contribution < -0.4 is 9.47 Å². The van der Waals surface area contributed by atoms with Gasteiger partial charge in [-0.05, 0) is 134 Å². The van der Waals surface area contributed by atoms with Gasteiger partial charge in [0.1, 0.15) is 0 Å². The summed E-state index contributed by atoms with van der Waals surface area (Å²) >= 11 is 0. The summed E-state index contributed by atoms with van der Waals surface area (Å²) in [5, 5.41) is 22.2. The molecular weight excluding hydrogens is 514 g/mol. The Hall–Kier alpha value is -1.79. The van der Waals surface area contributed by atoms with Crippen molar-refractivity contribution in [2.75, 3.05) is 20.8 Å². The Kier molecular flexibility index (Phi) is 7.89. The van der Waals surface area contributed by atoms with E-state index in [0.717, 1.165) is 62.1 Å². The van der Waals surface area contributed by atoms with Gasteiger partial charge in [0.05, 0.1) is 26.4 Å². The van der Waals surface area contributed by atoms with E-state index in [1.165, 1.54) is 31.2 Å². The number of methoxy groups -OCH3 is 2. The predicted molar refractivity (Wildman–Crippen MR) is 160 cm³/mol. The third-order valence-electron chi connectivity index (χ3n) is 13.4. The Balaban J connectivity index is 1.10. The molecule has 6 rings (SSSR count). The molecule has 4 fully saturated rings. The fourth-order valence-corrected chi connectivity index (χ4v) is 11.0. The molecule has 6 nitrogen and oxygen atoms in total. The van der Waals surface area contributed by atoms with E-state index in [1.54, 1.807) is 14.2 Å². The SMILES string of the molecule is COc1cc2c(cc1OC)CN(C(=O)CC[C@@H](C)[C@@H]1CC[C@@H]3[C@@H]4CC[C@H]5C[C@H](O)CC[C@]5(C)[C@@H]4C[C@H](O)[C@@]31C)CC2. The summed E-state index contributed by atoms with van der Waals surface area (Å²) in [7, 11) is 3.32. The number of rotatable bonds is 6. The third-order valence-corrected chi connectivity index (χ3v) is 13.4. The first-order valence-corrected chi connectivity index (χ1v) is 16.5. The van der Waals surface area contributed by atoms with Crippen LogP contribution in [0.5, 0.6) is 11.5 Å². The molecule has 1 amide bonds. The van der Waals surface area contributed by atoms with Crippen molar-refractivity contribution in [3.63, 3.8) is 0 Å². The maximum absolute atomic E-state index is 13.4. The van der Waals surface area contributed by atoms with Crippen molar-refractivity contribution in [2.24, 2.45) is 46.3 Å². The highest BCUT2D eigenvalue weighted by Crippen LogP contribution is 2.68. The lowest BCUT2D eigenvalue weighted by Crippen LogP contribution is -2.58. The van der Waals surface area contributed by atoms with E-state index < -0.39 is 0 Å². The summed E-state index contributed by atoms with van der Waals surface area (Å²) in [6.07, 6.45) is 10.7. The van der Waals surface area contributed by atoms with Crippen molar-refractivity contribution in [3.8, 4) is 11.5 Å². The van der Waals surface area contributed by atoms with Crippen LogP contribution in [0, 0.1) is 46.3 Å². The van der Waals surface area contributed by atoms with Crippen LogP contribution in [0.3, 0.4) is 0 Å². The van der Waals surface area contributed by atoms with E-state index in [1.807, 2.05) is 11.0 Å². The quantitative estimate of drug-likeness (QED) is 0.441. The smallest absolute Gasteiger partial charge is 0.222 e. The molecule has 0 spiro atoms. The third kappa shape index (κ3) is 4.80. The van der Waals surface area contributed by atoms with Crippen LogP contribution in [0.4, 0.5) is 0 Å². The van der Waals surface area contributed by atoms with Crippen molar-refractivity contribution in [1.29, 1.82) is 0 Å². The zero-order chi connectivity index (χ0) is 29.1. The van der Waals surface area contributed by atoms with Gasteiger partial charge in [-0.25, -0.2) is 0 Å². The van der Waals surface area contributed by atoms with Gasteiger partial charge in [0.2, 0.25) is 5.91 Å². The Bertz CT molecular complexity index is 1140. The van der Waals surface area contributed by atoms with Crippen LogP contribution >= 0.6 is 0 Å². The summed E-state index contributed by atoms with van der Waals surface area (Å²) in [4.78, 5) is 15.4. The number of hydrogen-bond donors (Lipinski definition) is 2. The maximum atomic E-state index is 13.4. The second kappa shape index (κ2) is 11.0. The number of fused-ring (bicyclic) bond motifs is 6. The number of nitrogens with zero attached hydrogens (tertiary/aromatic N) is 1. The molecule has 2 N–H and O–H groups in total. The fourth-order valence-electron chi connectivity index (χ4n) is 11.0. The Labute approximate surface area is 247 Å². The lowest BCUT2D eigenvalue weighted by Gasteiger charge is -2.62. The van der Waals surface area contributed by atoms with Crippen molar-refractivity contribution in [1.82, 2.24) is 4.90 Å². The van der Waals surface area contributed by atoms with Gasteiger partial charge in [0.15, 0.2) is 11.5 Å². The number of ether oxygens (including phenoxy) is 2. The Morgan fingerprint density at radius 1 is 1.00 bits per heavy atom. The molecule has 0 unspecified atom stereocenters. The molecule has 10 atom stereocenters. The highest BCUT2D eigenvalue weighted by molar-refractivity contribution is 5.76. The van der Waals surface area contributed by atoms with Gasteiger partial charge in [-0.1, -0.05) is 20.8 Å². The number of carbonyl (C=O) groups is 1. The molecule has 4 saturated carbocycles. The van der Waals surface area contributed by atoms with Crippen molar-refractivity contribution in [2.45, 2.75) is 110 Å². The van der Waals surface area contributed by atoms with E-state index in [0.29, 0.717) is 48.5 Å². The van der Waals surface area contributed by atoms with Gasteiger partial charge < -0.3 is 24.6 Å². The average Bonchev–Trinajstić information content (AvgIpc) is 3.34. The van der Waals surface area contributed by atoms with Gasteiger partial charge in [-0.15, -0.1) is 0 Å². The number of aliphatic hydroxyl groups is 2. The molecule has 4 aliphatic carbocycles. The molecule has 5 aliphatic rings. The lowest BCUT2D eigenvalue weighted by atomic mass is 9.43. The van der Waals surface area contributed by atoms with Crippen molar-refractivity contribution in [3.05, 3.63) is 23.3 Å². The number of benzene rings is 1. The minimum atomic E-state index is -0.271. The molecule has 1 aromatic carbocycles. The van der Waals surface area contributed by atoms with Crippen LogP contribution in [0.25, 0.3) is 0 Å². The van der Waals surface area contributed by atoms with Crippen LogP contribution in [0.2, 0.25) is 0 Å². The second-order valence-electron chi connectivity index (χ2n) is 14.9. The zero-order valence-corrected chi connectivity index (χ0v) is 26.0. The lowest BCUT2D eigenvalue weighted by molar-refractivity contribution is -0.175. The number of carbonyl (C=O) groups excluding carboxylic acids is 1. The number of hydrogen-bond acceptors (Lipinski definition) is 5. The minimum Gasteiger partial charge on any atom is -0.493 e. The van der Waals surface area contributed by atoms with Gasteiger partial charge in [-0.2, -0.15) is 0 Å². The highest BCUT2D eigenvalue weighted by Gasteiger charge is 2.63. The molecule has 0 saturated heterocycles. The molecule has 228 valence electrons. The highest BCUT2D eigenvalue weighted by atomic mass is 16.5. The van der Waals surface area contributed by atoms with Gasteiger partial charge in [0, 0.05) is 19.5 Å². The Morgan fingerprint density at radius 3 is 2.46 bits per heavy atom.